The summed E-state index contributed by atoms with van der Waals surface area (Å²) in [6.07, 6.45) is 39.1. The zero-order chi connectivity index (χ0) is 32.4. The molecule has 0 bridgehead atoms. The molecule has 9 heteroatoms. The smallest absolute Gasteiger partial charge is 0.458 e. The molecule has 0 saturated carbocycles. The molecule has 3 N–H and O–H groups in total. The van der Waals surface area contributed by atoms with Crippen molar-refractivity contribution in [2.75, 3.05) is 33.0 Å². The van der Waals surface area contributed by atoms with Crippen LogP contribution in [-0.2, 0) is 27.9 Å². The van der Waals surface area contributed by atoms with E-state index in [0.717, 1.165) is 38.5 Å². The number of phosphoric acid groups is 1. The molecule has 0 spiro atoms. The highest BCUT2D eigenvalue weighted by atomic mass is 31.2. The molecule has 256 valence electrons. The van der Waals surface area contributed by atoms with Gasteiger partial charge in [-0.1, -0.05) is 126 Å². The van der Waals surface area contributed by atoms with Crippen molar-refractivity contribution in [3.8, 4) is 0 Å². The molecule has 2 atom stereocenters. The lowest BCUT2D eigenvalue weighted by molar-refractivity contribution is -0.151. The number of carbonyl (C=O) groups is 1. The minimum Gasteiger partial charge on any atom is -0.458 e. The predicted molar refractivity (Wildman–Crippen MR) is 182 cm³/mol. The highest BCUT2D eigenvalue weighted by Crippen LogP contribution is 2.43. The Hall–Kier alpha value is -1.54. The van der Waals surface area contributed by atoms with Gasteiger partial charge in [0, 0.05) is 20.1 Å². The van der Waals surface area contributed by atoms with Crippen LogP contribution in [0, 0.1) is 0 Å². The van der Waals surface area contributed by atoms with Gasteiger partial charge < -0.3 is 20.1 Å². The van der Waals surface area contributed by atoms with Crippen LogP contribution in [-0.4, -0.2) is 49.9 Å². The van der Waals surface area contributed by atoms with E-state index in [9.17, 15) is 14.3 Å². The summed E-state index contributed by atoms with van der Waals surface area (Å²) in [5.74, 6) is -0.508. The van der Waals surface area contributed by atoms with Gasteiger partial charge in [0.2, 0.25) is 0 Å². The number of allylic oxidation sites excluding steroid dienone is 8. The van der Waals surface area contributed by atoms with E-state index < -0.39 is 19.9 Å². The number of rotatable bonds is 32. The first kappa shape index (κ1) is 42.5. The van der Waals surface area contributed by atoms with E-state index in [2.05, 4.69) is 60.1 Å². The van der Waals surface area contributed by atoms with E-state index in [-0.39, 0.29) is 26.4 Å². The number of nitrogens with two attached hydrogens (primary N) is 1. The third-order valence-electron chi connectivity index (χ3n) is 6.81. The SMILES string of the molecule is CC/C=C\C/C=C\C/C=C\C/C=C\CCCCCCCCCCCCCCCOCC(COP(=O)(O)OCCN)OC(C)=O. The molecule has 0 heterocycles. The first-order valence-corrected chi connectivity index (χ1v) is 18.6. The van der Waals surface area contributed by atoms with Crippen LogP contribution in [0.4, 0.5) is 0 Å². The van der Waals surface area contributed by atoms with Crippen molar-refractivity contribution >= 4 is 13.8 Å². The standard InChI is InChI=1S/C35H64NO7P/c1-3-4-5-6-7-8-9-10-11-12-13-14-15-16-17-18-19-20-21-22-23-24-25-26-27-28-30-40-32-35(43-34(2)37)33-42-44(38,39)41-31-29-36/h4-5,7-8,10-11,13-14,35H,3,6,9,12,15-33,36H2,1-2H3,(H,38,39)/b5-4-,8-7-,11-10-,14-13-. The maximum absolute atomic E-state index is 11.7. The summed E-state index contributed by atoms with van der Waals surface area (Å²) in [6.45, 7) is 3.78. The Morgan fingerprint density at radius 3 is 1.66 bits per heavy atom. The maximum Gasteiger partial charge on any atom is 0.472 e. The van der Waals surface area contributed by atoms with Gasteiger partial charge in [-0.25, -0.2) is 4.57 Å². The van der Waals surface area contributed by atoms with E-state index in [4.69, 9.17) is 19.7 Å². The normalized spacial score (nSPS) is 14.4. The van der Waals surface area contributed by atoms with Gasteiger partial charge >= 0.3 is 13.8 Å². The molecule has 0 radical (unpaired) electrons. The molecule has 2 unspecified atom stereocenters. The van der Waals surface area contributed by atoms with Crippen LogP contribution in [0.5, 0.6) is 0 Å². The van der Waals surface area contributed by atoms with Crippen LogP contribution in [0.1, 0.15) is 129 Å². The summed E-state index contributed by atoms with van der Waals surface area (Å²) < 4.78 is 32.0. The van der Waals surface area contributed by atoms with E-state index in [1.807, 2.05) is 0 Å². The van der Waals surface area contributed by atoms with E-state index in [1.165, 1.54) is 84.0 Å². The quantitative estimate of drug-likeness (QED) is 0.0323. The van der Waals surface area contributed by atoms with Crippen molar-refractivity contribution in [2.24, 2.45) is 5.73 Å². The summed E-state index contributed by atoms with van der Waals surface area (Å²) in [7, 11) is -4.23. The Balaban J connectivity index is 3.51. The maximum atomic E-state index is 11.7. The summed E-state index contributed by atoms with van der Waals surface area (Å²) in [6, 6.07) is 0. The van der Waals surface area contributed by atoms with Crippen LogP contribution in [0.2, 0.25) is 0 Å². The molecular weight excluding hydrogens is 577 g/mol. The molecule has 0 fully saturated rings. The molecule has 0 aliphatic rings. The lowest BCUT2D eigenvalue weighted by atomic mass is 10.0. The first-order valence-electron chi connectivity index (χ1n) is 17.1. The van der Waals surface area contributed by atoms with E-state index in [0.29, 0.717) is 6.61 Å². The van der Waals surface area contributed by atoms with Crippen molar-refractivity contribution in [2.45, 2.75) is 136 Å². The van der Waals surface area contributed by atoms with Crippen molar-refractivity contribution in [1.82, 2.24) is 0 Å². The minimum atomic E-state index is -4.23. The average Bonchev–Trinajstić information content (AvgIpc) is 3.00. The van der Waals surface area contributed by atoms with Gasteiger partial charge in [0.15, 0.2) is 0 Å². The lowest BCUT2D eigenvalue weighted by Crippen LogP contribution is -2.27. The molecular formula is C35H64NO7P. The Kier molecular flexibility index (Phi) is 31.7. The Morgan fingerprint density at radius 1 is 0.682 bits per heavy atom. The zero-order valence-corrected chi connectivity index (χ0v) is 28.8. The Bertz CT molecular complexity index is 813. The highest BCUT2D eigenvalue weighted by Gasteiger charge is 2.24. The third-order valence-corrected chi connectivity index (χ3v) is 7.79. The van der Waals surface area contributed by atoms with Crippen molar-refractivity contribution in [1.29, 1.82) is 0 Å². The first-order chi connectivity index (χ1) is 21.4. The van der Waals surface area contributed by atoms with Crippen LogP contribution < -0.4 is 5.73 Å². The van der Waals surface area contributed by atoms with Crippen LogP contribution in [0.25, 0.3) is 0 Å². The van der Waals surface area contributed by atoms with Gasteiger partial charge in [0.1, 0.15) is 6.10 Å². The van der Waals surface area contributed by atoms with Crippen molar-refractivity contribution < 1.29 is 32.8 Å². The largest absolute Gasteiger partial charge is 0.472 e. The fourth-order valence-corrected chi connectivity index (χ4v) is 5.22. The summed E-state index contributed by atoms with van der Waals surface area (Å²) in [5, 5.41) is 0. The number of esters is 1. The molecule has 8 nitrogen and oxygen atoms in total. The third kappa shape index (κ3) is 33.4. The monoisotopic (exact) mass is 641 g/mol. The van der Waals surface area contributed by atoms with Crippen molar-refractivity contribution in [3.05, 3.63) is 48.6 Å². The second-order valence-corrected chi connectivity index (χ2v) is 12.5. The van der Waals surface area contributed by atoms with Gasteiger partial charge in [0.25, 0.3) is 0 Å². The fraction of sp³-hybridized carbons (Fsp3) is 0.743. The molecule has 0 amide bonds. The number of carbonyl (C=O) groups excluding carboxylic acids is 1. The topological polar surface area (TPSA) is 117 Å². The molecule has 0 aromatic heterocycles. The number of hydrogen-bond acceptors (Lipinski definition) is 7. The second-order valence-electron chi connectivity index (χ2n) is 11.1. The van der Waals surface area contributed by atoms with Crippen LogP contribution in [0.3, 0.4) is 0 Å². The van der Waals surface area contributed by atoms with Gasteiger partial charge in [-0.3, -0.25) is 13.8 Å². The molecule has 0 aromatic rings. The molecule has 0 rings (SSSR count). The van der Waals surface area contributed by atoms with Crippen LogP contribution >= 0.6 is 7.82 Å². The zero-order valence-electron chi connectivity index (χ0n) is 27.9. The molecule has 0 aliphatic carbocycles. The lowest BCUT2D eigenvalue weighted by Gasteiger charge is -2.19. The van der Waals surface area contributed by atoms with Gasteiger partial charge in [-0.15, -0.1) is 0 Å². The molecule has 0 saturated heterocycles. The number of unbranched alkanes of at least 4 members (excludes halogenated alkanes) is 13. The van der Waals surface area contributed by atoms with Crippen molar-refractivity contribution in [3.63, 3.8) is 0 Å². The Morgan fingerprint density at radius 2 is 1.16 bits per heavy atom. The summed E-state index contributed by atoms with van der Waals surface area (Å²) in [5.41, 5.74) is 5.25. The predicted octanol–water partition coefficient (Wildman–Crippen LogP) is 9.29. The molecule has 44 heavy (non-hydrogen) atoms. The Labute approximate surface area is 269 Å². The average molecular weight is 642 g/mol. The molecule has 0 aliphatic heterocycles. The number of ether oxygens (including phenoxy) is 2. The van der Waals surface area contributed by atoms with Crippen LogP contribution in [0.15, 0.2) is 48.6 Å². The van der Waals surface area contributed by atoms with Gasteiger partial charge in [-0.2, -0.15) is 0 Å². The minimum absolute atomic E-state index is 0.0966. The summed E-state index contributed by atoms with van der Waals surface area (Å²) in [4.78, 5) is 20.9. The second kappa shape index (κ2) is 32.8. The summed E-state index contributed by atoms with van der Waals surface area (Å²) >= 11 is 0. The molecule has 0 aromatic carbocycles. The number of phosphoric ester groups is 1. The van der Waals surface area contributed by atoms with Gasteiger partial charge in [0.05, 0.1) is 19.8 Å². The number of hydrogen-bond donors (Lipinski definition) is 2. The highest BCUT2D eigenvalue weighted by molar-refractivity contribution is 7.47. The van der Waals surface area contributed by atoms with E-state index in [1.54, 1.807) is 0 Å². The van der Waals surface area contributed by atoms with E-state index >= 15 is 0 Å². The van der Waals surface area contributed by atoms with Gasteiger partial charge in [-0.05, 0) is 44.9 Å². The fourth-order valence-electron chi connectivity index (χ4n) is 4.46.